The van der Waals surface area contributed by atoms with E-state index in [0.29, 0.717) is 42.2 Å². The summed E-state index contributed by atoms with van der Waals surface area (Å²) < 4.78 is 5.23. The fraction of sp³-hybridized carbons (Fsp3) is 0.400. The Morgan fingerprint density at radius 2 is 2.19 bits per heavy atom. The van der Waals surface area contributed by atoms with Crippen LogP contribution in [0.2, 0.25) is 0 Å². The van der Waals surface area contributed by atoms with Gasteiger partial charge in [-0.2, -0.15) is 5.26 Å². The van der Waals surface area contributed by atoms with E-state index in [4.69, 9.17) is 10.5 Å². The average molecular weight is 363 g/mol. The molecule has 4 rings (SSSR count). The third-order valence-electron chi connectivity index (χ3n) is 5.45. The van der Waals surface area contributed by atoms with Crippen LogP contribution in [0.5, 0.6) is 5.88 Å². The Morgan fingerprint density at radius 3 is 2.85 bits per heavy atom. The number of rotatable bonds is 3. The Bertz CT molecular complexity index is 946. The van der Waals surface area contributed by atoms with Gasteiger partial charge in [0.15, 0.2) is 0 Å². The van der Waals surface area contributed by atoms with Crippen molar-refractivity contribution < 1.29 is 9.53 Å². The molecule has 2 aromatic rings. The maximum atomic E-state index is 12.7. The number of ether oxygens (including phenoxy) is 1. The molecule has 0 aromatic carbocycles. The van der Waals surface area contributed by atoms with Crippen LogP contribution in [0, 0.1) is 17.2 Å². The smallest absolute Gasteiger partial charge is 0.225 e. The van der Waals surface area contributed by atoms with Gasteiger partial charge in [-0.25, -0.2) is 9.97 Å². The minimum Gasteiger partial charge on any atom is -0.481 e. The number of carbonyl (C=O) groups is 1. The molecule has 1 amide bonds. The maximum Gasteiger partial charge on any atom is 0.225 e. The van der Waals surface area contributed by atoms with Crippen molar-refractivity contribution in [2.75, 3.05) is 19.4 Å². The van der Waals surface area contributed by atoms with E-state index in [1.807, 2.05) is 17.0 Å². The highest BCUT2D eigenvalue weighted by molar-refractivity contribution is 5.82. The Kier molecular flexibility index (Phi) is 4.40. The van der Waals surface area contributed by atoms with Crippen LogP contribution in [-0.2, 0) is 17.8 Å². The molecule has 7 heteroatoms. The van der Waals surface area contributed by atoms with Gasteiger partial charge < -0.3 is 15.4 Å². The van der Waals surface area contributed by atoms with Gasteiger partial charge in [-0.15, -0.1) is 0 Å². The van der Waals surface area contributed by atoms with Crippen molar-refractivity contribution in [3.63, 3.8) is 0 Å². The molecule has 2 aliphatic rings. The van der Waals surface area contributed by atoms with Gasteiger partial charge in [-0.1, -0.05) is 12.5 Å². The van der Waals surface area contributed by atoms with Gasteiger partial charge in [0.25, 0.3) is 0 Å². The normalized spacial score (nSPS) is 16.2. The van der Waals surface area contributed by atoms with E-state index < -0.39 is 0 Å². The number of aromatic nitrogens is 2. The number of hydrogen-bond acceptors (Lipinski definition) is 6. The quantitative estimate of drug-likeness (QED) is 0.897. The first-order valence-corrected chi connectivity index (χ1v) is 9.14. The predicted molar refractivity (Wildman–Crippen MR) is 99.6 cm³/mol. The van der Waals surface area contributed by atoms with Crippen molar-refractivity contribution in [3.8, 4) is 23.2 Å². The summed E-state index contributed by atoms with van der Waals surface area (Å²) in [6.45, 7) is 1.06. The molecule has 0 saturated heterocycles. The average Bonchev–Trinajstić information content (AvgIpc) is 2.65. The van der Waals surface area contributed by atoms with Crippen molar-refractivity contribution in [2.45, 2.75) is 32.2 Å². The predicted octanol–water partition coefficient (Wildman–Crippen LogP) is 2.29. The Hall–Kier alpha value is -3.14. The molecule has 0 spiro atoms. The Labute approximate surface area is 157 Å². The van der Waals surface area contributed by atoms with E-state index in [-0.39, 0.29) is 17.6 Å². The van der Waals surface area contributed by atoms with Gasteiger partial charge in [0, 0.05) is 42.6 Å². The highest BCUT2D eigenvalue weighted by Crippen LogP contribution is 2.36. The number of pyridine rings is 2. The molecule has 0 unspecified atom stereocenters. The van der Waals surface area contributed by atoms with Gasteiger partial charge >= 0.3 is 0 Å². The lowest BCUT2D eigenvalue weighted by Gasteiger charge is -2.35. The molecule has 3 heterocycles. The molecule has 2 N–H and O–H groups in total. The number of nitrogens with two attached hydrogens (primary N) is 1. The lowest BCUT2D eigenvalue weighted by atomic mass is 9.83. The molecular weight excluding hydrogens is 342 g/mol. The summed E-state index contributed by atoms with van der Waals surface area (Å²) in [6.07, 6.45) is 3.68. The van der Waals surface area contributed by atoms with Gasteiger partial charge in [0.1, 0.15) is 17.5 Å². The zero-order chi connectivity index (χ0) is 19.0. The maximum absolute atomic E-state index is 12.7. The van der Waals surface area contributed by atoms with Gasteiger partial charge in [-0.05, 0) is 18.9 Å². The second kappa shape index (κ2) is 6.88. The zero-order valence-corrected chi connectivity index (χ0v) is 15.2. The lowest BCUT2D eigenvalue weighted by molar-refractivity contribution is -0.139. The summed E-state index contributed by atoms with van der Waals surface area (Å²) in [5.41, 5.74) is 9.32. The van der Waals surface area contributed by atoms with Crippen molar-refractivity contribution >= 4 is 11.7 Å². The van der Waals surface area contributed by atoms with Crippen LogP contribution in [0.3, 0.4) is 0 Å². The molecule has 1 saturated carbocycles. The van der Waals surface area contributed by atoms with Crippen molar-refractivity contribution in [3.05, 3.63) is 35.0 Å². The molecule has 0 atom stereocenters. The number of nitrogen functional groups attached to an aromatic ring is 1. The number of amides is 1. The first-order chi connectivity index (χ1) is 13.1. The molecule has 7 nitrogen and oxygen atoms in total. The number of anilines is 1. The molecule has 1 aliphatic carbocycles. The lowest BCUT2D eigenvalue weighted by Crippen LogP contribution is -2.42. The topological polar surface area (TPSA) is 105 Å². The van der Waals surface area contributed by atoms with Crippen LogP contribution in [0.4, 0.5) is 5.82 Å². The van der Waals surface area contributed by atoms with Crippen molar-refractivity contribution in [1.29, 1.82) is 5.26 Å². The SMILES string of the molecule is COc1cccc(-c2c(C#N)c(N)nc3c2CN(C(=O)C2CCC2)CC3)n1. The number of fused-ring (bicyclic) bond motifs is 1. The van der Waals surface area contributed by atoms with E-state index in [2.05, 4.69) is 16.0 Å². The molecule has 138 valence electrons. The molecule has 27 heavy (non-hydrogen) atoms. The van der Waals surface area contributed by atoms with Gasteiger partial charge in [0.05, 0.1) is 18.5 Å². The second-order valence-corrected chi connectivity index (χ2v) is 6.99. The molecule has 1 aliphatic heterocycles. The van der Waals surface area contributed by atoms with E-state index >= 15 is 0 Å². The standard InChI is InChI=1S/C20H21N5O2/c1-27-17-7-3-6-16(23-17)18-13(10-21)19(22)24-15-8-9-25(11-14(15)18)20(26)12-4-2-5-12/h3,6-7,12H,2,4-5,8-9,11H2,1H3,(H2,22,24). The first-order valence-electron chi connectivity index (χ1n) is 9.14. The summed E-state index contributed by atoms with van der Waals surface area (Å²) in [4.78, 5) is 23.6. The van der Waals surface area contributed by atoms with Gasteiger partial charge in [-0.3, -0.25) is 4.79 Å². The Balaban J connectivity index is 1.81. The molecule has 1 fully saturated rings. The van der Waals surface area contributed by atoms with E-state index in [9.17, 15) is 10.1 Å². The largest absolute Gasteiger partial charge is 0.481 e. The van der Waals surface area contributed by atoms with Crippen molar-refractivity contribution in [2.24, 2.45) is 5.92 Å². The fourth-order valence-electron chi connectivity index (χ4n) is 3.75. The first kappa shape index (κ1) is 17.3. The third-order valence-corrected chi connectivity index (χ3v) is 5.45. The van der Waals surface area contributed by atoms with E-state index in [1.165, 1.54) is 0 Å². The van der Waals surface area contributed by atoms with E-state index in [0.717, 1.165) is 30.5 Å². The monoisotopic (exact) mass is 363 g/mol. The molecule has 0 radical (unpaired) electrons. The van der Waals surface area contributed by atoms with Crippen LogP contribution >= 0.6 is 0 Å². The summed E-state index contributed by atoms with van der Waals surface area (Å²) >= 11 is 0. The summed E-state index contributed by atoms with van der Waals surface area (Å²) in [7, 11) is 1.55. The molecule has 0 bridgehead atoms. The Morgan fingerprint density at radius 1 is 1.37 bits per heavy atom. The molecular formula is C20H21N5O2. The van der Waals surface area contributed by atoms with Crippen LogP contribution in [-0.4, -0.2) is 34.4 Å². The number of nitriles is 1. The number of hydrogen-bond donors (Lipinski definition) is 1. The van der Waals surface area contributed by atoms with Crippen molar-refractivity contribution in [1.82, 2.24) is 14.9 Å². The highest BCUT2D eigenvalue weighted by Gasteiger charge is 2.33. The summed E-state index contributed by atoms with van der Waals surface area (Å²) in [6, 6.07) is 7.57. The fourth-order valence-corrected chi connectivity index (χ4v) is 3.75. The van der Waals surface area contributed by atoms with Gasteiger partial charge in [0.2, 0.25) is 11.8 Å². The number of methoxy groups -OCH3 is 1. The number of carbonyl (C=O) groups excluding carboxylic acids is 1. The summed E-state index contributed by atoms with van der Waals surface area (Å²) in [5, 5.41) is 9.69. The van der Waals surface area contributed by atoms with Crippen LogP contribution in [0.25, 0.3) is 11.3 Å². The highest BCUT2D eigenvalue weighted by atomic mass is 16.5. The zero-order valence-electron chi connectivity index (χ0n) is 15.2. The minimum absolute atomic E-state index is 0.141. The third kappa shape index (κ3) is 2.97. The molecule has 2 aromatic heterocycles. The van der Waals surface area contributed by atoms with Crippen LogP contribution < -0.4 is 10.5 Å². The van der Waals surface area contributed by atoms with Crippen LogP contribution in [0.1, 0.15) is 36.1 Å². The summed E-state index contributed by atoms with van der Waals surface area (Å²) in [5.74, 6) is 1.00. The number of nitrogens with zero attached hydrogens (tertiary/aromatic N) is 4. The second-order valence-electron chi connectivity index (χ2n) is 6.99. The minimum atomic E-state index is 0.141. The van der Waals surface area contributed by atoms with E-state index in [1.54, 1.807) is 13.2 Å². The van der Waals surface area contributed by atoms with Crippen LogP contribution in [0.15, 0.2) is 18.2 Å².